The van der Waals surface area contributed by atoms with Gasteiger partial charge in [-0.15, -0.1) is 0 Å². The summed E-state index contributed by atoms with van der Waals surface area (Å²) in [4.78, 5) is 4.86. The van der Waals surface area contributed by atoms with E-state index in [0.717, 1.165) is 5.69 Å². The fraction of sp³-hybridized carbons (Fsp3) is 0. The molecule has 3 rings (SSSR count). The van der Waals surface area contributed by atoms with Crippen molar-refractivity contribution in [1.82, 2.24) is 4.57 Å². The first-order valence-electron chi connectivity index (χ1n) is 6.45. The van der Waals surface area contributed by atoms with Gasteiger partial charge >= 0.3 is 0 Å². The van der Waals surface area contributed by atoms with Crippen LogP contribution in [0.15, 0.2) is 59.6 Å². The number of rotatable bonds is 3. The Kier molecular flexibility index (Phi) is 4.13. The van der Waals surface area contributed by atoms with Crippen molar-refractivity contribution in [3.05, 3.63) is 69.2 Å². The third kappa shape index (κ3) is 2.98. The van der Waals surface area contributed by atoms with Crippen molar-refractivity contribution in [2.75, 3.05) is 0 Å². The second kappa shape index (κ2) is 6.21. The topological polar surface area (TPSA) is 37.5 Å². The van der Waals surface area contributed by atoms with Gasteiger partial charge in [0.15, 0.2) is 3.95 Å². The van der Waals surface area contributed by atoms with E-state index in [1.165, 1.54) is 28.0 Å². The van der Waals surface area contributed by atoms with Gasteiger partial charge in [0.25, 0.3) is 0 Å². The molecule has 0 aliphatic carbocycles. The zero-order valence-corrected chi connectivity index (χ0v) is 12.9. The second-order valence-corrected chi connectivity index (χ2v) is 6.14. The summed E-state index contributed by atoms with van der Waals surface area (Å²) < 4.78 is 15.0. The summed E-state index contributed by atoms with van der Waals surface area (Å²) in [7, 11) is 0. The highest BCUT2D eigenvalue weighted by molar-refractivity contribution is 7.73. The van der Waals surface area contributed by atoms with Gasteiger partial charge in [-0.2, -0.15) is 0 Å². The lowest BCUT2D eigenvalue weighted by atomic mass is 10.3. The second-order valence-electron chi connectivity index (χ2n) is 4.46. The third-order valence-electron chi connectivity index (χ3n) is 2.98. The number of aliphatic imine (C=N–C) groups is 1. The van der Waals surface area contributed by atoms with Crippen LogP contribution in [-0.2, 0) is 0 Å². The van der Waals surface area contributed by atoms with E-state index < -0.39 is 0 Å². The van der Waals surface area contributed by atoms with Crippen molar-refractivity contribution >= 4 is 35.5 Å². The van der Waals surface area contributed by atoms with Crippen molar-refractivity contribution in [3.63, 3.8) is 0 Å². The Hall–Kier alpha value is -2.31. The van der Waals surface area contributed by atoms with E-state index in [2.05, 4.69) is 4.99 Å². The Labute approximate surface area is 135 Å². The molecule has 2 aromatic carbocycles. The third-order valence-corrected chi connectivity index (χ3v) is 4.28. The molecule has 0 spiro atoms. The van der Waals surface area contributed by atoms with E-state index in [0.29, 0.717) is 14.5 Å². The predicted molar refractivity (Wildman–Crippen MR) is 89.8 cm³/mol. The highest BCUT2D eigenvalue weighted by atomic mass is 32.1. The zero-order chi connectivity index (χ0) is 15.5. The summed E-state index contributed by atoms with van der Waals surface area (Å²) in [6, 6.07) is 15.2. The molecule has 1 heterocycles. The number of aromatic hydroxyl groups is 1. The van der Waals surface area contributed by atoms with E-state index in [1.54, 1.807) is 18.3 Å². The molecule has 22 heavy (non-hydrogen) atoms. The van der Waals surface area contributed by atoms with Gasteiger partial charge in [-0.1, -0.05) is 29.5 Å². The van der Waals surface area contributed by atoms with Gasteiger partial charge in [-0.05, 0) is 48.6 Å². The number of thiazole rings is 1. The largest absolute Gasteiger partial charge is 0.493 e. The van der Waals surface area contributed by atoms with Gasteiger partial charge in [0.05, 0.1) is 17.6 Å². The van der Waals surface area contributed by atoms with Crippen LogP contribution in [0.5, 0.6) is 5.88 Å². The molecule has 0 amide bonds. The van der Waals surface area contributed by atoms with Crippen molar-refractivity contribution in [2.45, 2.75) is 0 Å². The zero-order valence-electron chi connectivity index (χ0n) is 11.3. The molecule has 0 aliphatic rings. The molecule has 0 bridgehead atoms. The standard InChI is InChI=1S/C16H11FN2OS2/c17-11-6-8-13(9-7-11)19-15(20)14(22-16(19)21)10-18-12-4-2-1-3-5-12/h1-10,20H. The van der Waals surface area contributed by atoms with Crippen LogP contribution in [0, 0.1) is 9.77 Å². The summed E-state index contributed by atoms with van der Waals surface area (Å²) in [6.45, 7) is 0. The Morgan fingerprint density at radius 3 is 2.45 bits per heavy atom. The van der Waals surface area contributed by atoms with Crippen molar-refractivity contribution in [2.24, 2.45) is 4.99 Å². The average molecular weight is 330 g/mol. The lowest BCUT2D eigenvalue weighted by Crippen LogP contribution is -1.93. The Balaban J connectivity index is 1.99. The minimum Gasteiger partial charge on any atom is -0.493 e. The lowest BCUT2D eigenvalue weighted by molar-refractivity contribution is 0.441. The summed E-state index contributed by atoms with van der Waals surface area (Å²) in [5.74, 6) is -0.336. The number of benzene rings is 2. The Morgan fingerprint density at radius 1 is 1.09 bits per heavy atom. The summed E-state index contributed by atoms with van der Waals surface area (Å²) in [6.07, 6.45) is 1.57. The fourth-order valence-corrected chi connectivity index (χ4v) is 3.15. The van der Waals surface area contributed by atoms with Gasteiger partial charge in [0, 0.05) is 0 Å². The minimum atomic E-state index is -0.337. The molecule has 3 aromatic rings. The van der Waals surface area contributed by atoms with E-state index in [9.17, 15) is 9.50 Å². The molecule has 0 aliphatic heterocycles. The molecule has 1 aromatic heterocycles. The number of nitrogens with zero attached hydrogens (tertiary/aromatic N) is 2. The van der Waals surface area contributed by atoms with E-state index in [-0.39, 0.29) is 11.7 Å². The maximum Gasteiger partial charge on any atom is 0.216 e. The fourth-order valence-electron chi connectivity index (χ4n) is 1.93. The first kappa shape index (κ1) is 14.6. The Bertz CT molecular complexity index is 867. The molecule has 1 N–H and O–H groups in total. The number of para-hydroxylation sites is 1. The summed E-state index contributed by atoms with van der Waals surface area (Å²) >= 11 is 6.52. The molecule has 0 atom stereocenters. The van der Waals surface area contributed by atoms with E-state index in [1.807, 2.05) is 30.3 Å². The first-order valence-corrected chi connectivity index (χ1v) is 7.67. The van der Waals surface area contributed by atoms with Gasteiger partial charge in [-0.25, -0.2) is 4.39 Å². The molecule has 0 unspecified atom stereocenters. The van der Waals surface area contributed by atoms with Gasteiger partial charge < -0.3 is 5.11 Å². The van der Waals surface area contributed by atoms with Crippen LogP contribution in [0.1, 0.15) is 4.88 Å². The molecule has 0 saturated heterocycles. The van der Waals surface area contributed by atoms with E-state index >= 15 is 0 Å². The van der Waals surface area contributed by atoms with E-state index in [4.69, 9.17) is 12.2 Å². The Morgan fingerprint density at radius 2 is 1.77 bits per heavy atom. The van der Waals surface area contributed by atoms with Crippen LogP contribution < -0.4 is 0 Å². The monoisotopic (exact) mass is 330 g/mol. The first-order chi connectivity index (χ1) is 10.6. The molecule has 0 radical (unpaired) electrons. The maximum absolute atomic E-state index is 13.0. The predicted octanol–water partition coefficient (Wildman–Crippen LogP) is 4.86. The number of halogens is 1. The molecule has 110 valence electrons. The number of hydrogen-bond acceptors (Lipinski definition) is 4. The molecular weight excluding hydrogens is 319 g/mol. The highest BCUT2D eigenvalue weighted by Crippen LogP contribution is 2.28. The van der Waals surface area contributed by atoms with Gasteiger partial charge in [-0.3, -0.25) is 9.56 Å². The molecule has 0 fully saturated rings. The highest BCUT2D eigenvalue weighted by Gasteiger charge is 2.11. The van der Waals surface area contributed by atoms with Crippen LogP contribution in [0.3, 0.4) is 0 Å². The smallest absolute Gasteiger partial charge is 0.216 e. The van der Waals surface area contributed by atoms with Gasteiger partial charge in [0.1, 0.15) is 10.7 Å². The van der Waals surface area contributed by atoms with Crippen molar-refractivity contribution in [1.29, 1.82) is 0 Å². The lowest BCUT2D eigenvalue weighted by Gasteiger charge is -2.04. The summed E-state index contributed by atoms with van der Waals surface area (Å²) in [5.41, 5.74) is 1.40. The van der Waals surface area contributed by atoms with Crippen molar-refractivity contribution in [3.8, 4) is 11.6 Å². The van der Waals surface area contributed by atoms with Crippen LogP contribution in [0.4, 0.5) is 10.1 Å². The minimum absolute atomic E-state index is 0.00119. The van der Waals surface area contributed by atoms with Crippen LogP contribution in [0.2, 0.25) is 0 Å². The number of aromatic nitrogens is 1. The molecular formula is C16H11FN2OS2. The van der Waals surface area contributed by atoms with Crippen LogP contribution >= 0.6 is 23.6 Å². The number of hydrogen-bond donors (Lipinski definition) is 1. The van der Waals surface area contributed by atoms with Crippen LogP contribution in [0.25, 0.3) is 5.69 Å². The SMILES string of the molecule is Oc1c(C=Nc2ccccc2)sc(=S)n1-c1ccc(F)cc1. The average Bonchev–Trinajstić information content (AvgIpc) is 2.82. The normalized spacial score (nSPS) is 11.1. The van der Waals surface area contributed by atoms with Crippen molar-refractivity contribution < 1.29 is 9.50 Å². The maximum atomic E-state index is 13.0. The molecule has 0 saturated carbocycles. The molecule has 6 heteroatoms. The summed E-state index contributed by atoms with van der Waals surface area (Å²) in [5, 5.41) is 10.3. The molecule has 3 nitrogen and oxygen atoms in total. The quantitative estimate of drug-likeness (QED) is 0.550. The van der Waals surface area contributed by atoms with Gasteiger partial charge in [0.2, 0.25) is 5.88 Å². The van der Waals surface area contributed by atoms with Crippen LogP contribution in [-0.4, -0.2) is 15.9 Å².